The van der Waals surface area contributed by atoms with Gasteiger partial charge in [-0.2, -0.15) is 5.26 Å². The van der Waals surface area contributed by atoms with Crippen LogP contribution in [0, 0.1) is 18.3 Å². The second kappa shape index (κ2) is 4.86. The highest BCUT2D eigenvalue weighted by atomic mass is 35.5. The number of halogens is 1. The molecule has 0 bridgehead atoms. The van der Waals surface area contributed by atoms with Gasteiger partial charge in [0.15, 0.2) is 0 Å². The van der Waals surface area contributed by atoms with Gasteiger partial charge in [-0.15, -0.1) is 0 Å². The van der Waals surface area contributed by atoms with Gasteiger partial charge in [0.05, 0.1) is 11.6 Å². The van der Waals surface area contributed by atoms with Crippen LogP contribution in [0.25, 0.3) is 0 Å². The molecule has 1 aromatic heterocycles. The molecule has 0 aliphatic rings. The molecular formula is C13H10ClN3. The van der Waals surface area contributed by atoms with E-state index in [1.54, 1.807) is 6.07 Å². The zero-order chi connectivity index (χ0) is 12.3. The quantitative estimate of drug-likeness (QED) is 0.819. The SMILES string of the molecule is Cc1ccc(Nc2cc(C#N)cc(Cl)n2)cc1. The molecule has 1 heterocycles. The largest absolute Gasteiger partial charge is 0.340 e. The molecule has 17 heavy (non-hydrogen) atoms. The molecule has 0 atom stereocenters. The van der Waals surface area contributed by atoms with Crippen LogP contribution in [0.4, 0.5) is 11.5 Å². The lowest BCUT2D eigenvalue weighted by Gasteiger charge is -2.06. The van der Waals surface area contributed by atoms with E-state index < -0.39 is 0 Å². The van der Waals surface area contributed by atoms with Crippen LogP contribution in [0.3, 0.4) is 0 Å². The Labute approximate surface area is 105 Å². The lowest BCUT2D eigenvalue weighted by molar-refractivity contribution is 1.29. The van der Waals surface area contributed by atoms with Gasteiger partial charge in [0.2, 0.25) is 0 Å². The average Bonchev–Trinajstić information content (AvgIpc) is 2.31. The molecule has 1 N–H and O–H groups in total. The maximum atomic E-state index is 8.82. The fourth-order valence-electron chi connectivity index (χ4n) is 1.41. The van der Waals surface area contributed by atoms with Crippen LogP contribution in [0.5, 0.6) is 0 Å². The monoisotopic (exact) mass is 243 g/mol. The fourth-order valence-corrected chi connectivity index (χ4v) is 1.62. The summed E-state index contributed by atoms with van der Waals surface area (Å²) < 4.78 is 0. The van der Waals surface area contributed by atoms with E-state index in [-0.39, 0.29) is 0 Å². The molecule has 0 amide bonds. The Morgan fingerprint density at radius 2 is 1.94 bits per heavy atom. The summed E-state index contributed by atoms with van der Waals surface area (Å²) in [7, 11) is 0. The molecule has 0 aliphatic carbocycles. The van der Waals surface area contributed by atoms with Gasteiger partial charge in [-0.3, -0.25) is 0 Å². The molecule has 0 radical (unpaired) electrons. The van der Waals surface area contributed by atoms with E-state index in [1.165, 1.54) is 11.6 Å². The molecule has 1 aromatic carbocycles. The lowest BCUT2D eigenvalue weighted by Crippen LogP contribution is -1.94. The number of nitrogens with zero attached hydrogens (tertiary/aromatic N) is 2. The normalized spacial score (nSPS) is 9.71. The Balaban J connectivity index is 2.27. The van der Waals surface area contributed by atoms with Gasteiger partial charge in [0, 0.05) is 5.69 Å². The van der Waals surface area contributed by atoms with Crippen molar-refractivity contribution >= 4 is 23.1 Å². The van der Waals surface area contributed by atoms with Crippen molar-refractivity contribution in [3.63, 3.8) is 0 Å². The molecular weight excluding hydrogens is 234 g/mol. The van der Waals surface area contributed by atoms with Crippen molar-refractivity contribution in [2.24, 2.45) is 0 Å². The van der Waals surface area contributed by atoms with Gasteiger partial charge in [-0.1, -0.05) is 29.3 Å². The third-order valence-electron chi connectivity index (χ3n) is 2.25. The number of aryl methyl sites for hydroxylation is 1. The van der Waals surface area contributed by atoms with Gasteiger partial charge in [0.25, 0.3) is 0 Å². The summed E-state index contributed by atoms with van der Waals surface area (Å²) in [5.41, 5.74) is 2.58. The topological polar surface area (TPSA) is 48.7 Å². The molecule has 0 saturated heterocycles. The van der Waals surface area contributed by atoms with Gasteiger partial charge in [-0.25, -0.2) is 4.98 Å². The highest BCUT2D eigenvalue weighted by molar-refractivity contribution is 6.29. The van der Waals surface area contributed by atoms with Gasteiger partial charge < -0.3 is 5.32 Å². The maximum absolute atomic E-state index is 8.82. The smallest absolute Gasteiger partial charge is 0.133 e. The third kappa shape index (κ3) is 2.96. The number of pyridine rings is 1. The van der Waals surface area contributed by atoms with Crippen molar-refractivity contribution in [1.82, 2.24) is 4.98 Å². The van der Waals surface area contributed by atoms with E-state index in [0.29, 0.717) is 16.5 Å². The first kappa shape index (κ1) is 11.4. The highest BCUT2D eigenvalue weighted by Crippen LogP contribution is 2.18. The second-order valence-electron chi connectivity index (χ2n) is 3.67. The zero-order valence-electron chi connectivity index (χ0n) is 9.24. The molecule has 0 saturated carbocycles. The zero-order valence-corrected chi connectivity index (χ0v) is 9.99. The predicted octanol–water partition coefficient (Wildman–Crippen LogP) is 3.66. The first-order valence-corrected chi connectivity index (χ1v) is 5.46. The summed E-state index contributed by atoms with van der Waals surface area (Å²) in [5, 5.41) is 12.2. The third-order valence-corrected chi connectivity index (χ3v) is 2.44. The van der Waals surface area contributed by atoms with Crippen LogP contribution in [-0.2, 0) is 0 Å². The standard InChI is InChI=1S/C13H10ClN3/c1-9-2-4-11(5-3-9)16-13-7-10(8-15)6-12(14)17-13/h2-7H,1H3,(H,16,17). The maximum Gasteiger partial charge on any atom is 0.133 e. The molecule has 84 valence electrons. The summed E-state index contributed by atoms with van der Waals surface area (Å²) in [6, 6.07) is 13.1. The van der Waals surface area contributed by atoms with Crippen molar-refractivity contribution in [2.75, 3.05) is 5.32 Å². The van der Waals surface area contributed by atoms with Crippen molar-refractivity contribution < 1.29 is 0 Å². The van der Waals surface area contributed by atoms with Crippen molar-refractivity contribution in [1.29, 1.82) is 5.26 Å². The van der Waals surface area contributed by atoms with Crippen LogP contribution in [0.1, 0.15) is 11.1 Å². The molecule has 2 aromatic rings. The minimum absolute atomic E-state index is 0.304. The molecule has 2 rings (SSSR count). The predicted molar refractivity (Wildman–Crippen MR) is 68.4 cm³/mol. The number of nitrogens with one attached hydrogen (secondary N) is 1. The van der Waals surface area contributed by atoms with Gasteiger partial charge >= 0.3 is 0 Å². The number of benzene rings is 1. The molecule has 0 spiro atoms. The van der Waals surface area contributed by atoms with Crippen LogP contribution in [-0.4, -0.2) is 4.98 Å². The minimum Gasteiger partial charge on any atom is -0.340 e. The van der Waals surface area contributed by atoms with Gasteiger partial charge in [-0.05, 0) is 31.2 Å². The number of nitriles is 1. The summed E-state index contributed by atoms with van der Waals surface area (Å²) >= 11 is 5.82. The Morgan fingerprint density at radius 1 is 1.24 bits per heavy atom. The molecule has 0 aliphatic heterocycles. The summed E-state index contributed by atoms with van der Waals surface area (Å²) in [4.78, 5) is 4.10. The Bertz CT molecular complexity index is 570. The van der Waals surface area contributed by atoms with E-state index in [2.05, 4.69) is 10.3 Å². The Kier molecular flexibility index (Phi) is 3.27. The summed E-state index contributed by atoms with van der Waals surface area (Å²) in [6.07, 6.45) is 0. The Morgan fingerprint density at radius 3 is 2.59 bits per heavy atom. The fraction of sp³-hybridized carbons (Fsp3) is 0.0769. The van der Waals surface area contributed by atoms with Crippen LogP contribution in [0.2, 0.25) is 5.15 Å². The summed E-state index contributed by atoms with van der Waals surface area (Å²) in [6.45, 7) is 2.02. The average molecular weight is 244 g/mol. The van der Waals surface area contributed by atoms with E-state index in [9.17, 15) is 0 Å². The first-order valence-electron chi connectivity index (χ1n) is 5.09. The van der Waals surface area contributed by atoms with Crippen LogP contribution < -0.4 is 5.32 Å². The number of rotatable bonds is 2. The van der Waals surface area contributed by atoms with Crippen LogP contribution >= 0.6 is 11.6 Å². The number of anilines is 2. The van der Waals surface area contributed by atoms with E-state index in [1.807, 2.05) is 37.3 Å². The number of aromatic nitrogens is 1. The first-order chi connectivity index (χ1) is 8.17. The van der Waals surface area contributed by atoms with E-state index in [0.717, 1.165) is 5.69 Å². The van der Waals surface area contributed by atoms with Gasteiger partial charge in [0.1, 0.15) is 11.0 Å². The molecule has 0 unspecified atom stereocenters. The number of hydrogen-bond donors (Lipinski definition) is 1. The van der Waals surface area contributed by atoms with Crippen molar-refractivity contribution in [2.45, 2.75) is 6.92 Å². The van der Waals surface area contributed by atoms with Crippen molar-refractivity contribution in [3.8, 4) is 6.07 Å². The van der Waals surface area contributed by atoms with Crippen molar-refractivity contribution in [3.05, 3.63) is 52.7 Å². The van der Waals surface area contributed by atoms with E-state index >= 15 is 0 Å². The second-order valence-corrected chi connectivity index (χ2v) is 4.05. The Hall–Kier alpha value is -2.05. The summed E-state index contributed by atoms with van der Waals surface area (Å²) in [5.74, 6) is 0.568. The minimum atomic E-state index is 0.304. The van der Waals surface area contributed by atoms with E-state index in [4.69, 9.17) is 16.9 Å². The molecule has 0 fully saturated rings. The molecule has 4 heteroatoms. The molecule has 3 nitrogen and oxygen atoms in total. The highest BCUT2D eigenvalue weighted by Gasteiger charge is 2.01. The lowest BCUT2D eigenvalue weighted by atomic mass is 10.2. The number of hydrogen-bond acceptors (Lipinski definition) is 3. The van der Waals surface area contributed by atoms with Crippen LogP contribution in [0.15, 0.2) is 36.4 Å².